The van der Waals surface area contributed by atoms with Crippen LogP contribution in [-0.2, 0) is 28.6 Å². The zero-order valence-electron chi connectivity index (χ0n) is 15.2. The SMILES string of the molecule is CCC(C)C(=O)OCCOCOCCSCC(C)C(=O)NCC(N)=O. The average molecular weight is 378 g/mol. The van der Waals surface area contributed by atoms with Crippen LogP contribution in [0.4, 0.5) is 0 Å². The fourth-order valence-electron chi connectivity index (χ4n) is 1.49. The molecule has 2 unspecified atom stereocenters. The van der Waals surface area contributed by atoms with Crippen LogP contribution in [0.5, 0.6) is 0 Å². The Labute approximate surface area is 153 Å². The Bertz CT molecular complexity index is 408. The lowest BCUT2D eigenvalue weighted by Crippen LogP contribution is -2.37. The number of carbonyl (C=O) groups excluding carboxylic acids is 3. The van der Waals surface area contributed by atoms with Crippen molar-refractivity contribution in [2.24, 2.45) is 17.6 Å². The highest BCUT2D eigenvalue weighted by Crippen LogP contribution is 2.08. The quantitative estimate of drug-likeness (QED) is 0.243. The molecule has 0 aromatic heterocycles. The van der Waals surface area contributed by atoms with Crippen LogP contribution >= 0.6 is 11.8 Å². The van der Waals surface area contributed by atoms with Crippen molar-refractivity contribution < 1.29 is 28.6 Å². The standard InChI is InChI=1S/C16H30N2O6S/c1-4-12(2)16(21)24-6-5-22-11-23-7-8-25-10-13(3)15(20)18-9-14(17)19/h12-13H,4-11H2,1-3H3,(H2,17,19)(H,18,20). The third kappa shape index (κ3) is 13.6. The molecule has 25 heavy (non-hydrogen) atoms. The van der Waals surface area contributed by atoms with Gasteiger partial charge in [-0.25, -0.2) is 0 Å². The van der Waals surface area contributed by atoms with Crippen molar-refractivity contribution in [3.63, 3.8) is 0 Å². The van der Waals surface area contributed by atoms with Crippen LogP contribution in [-0.4, -0.2) is 62.4 Å². The highest BCUT2D eigenvalue weighted by atomic mass is 32.2. The summed E-state index contributed by atoms with van der Waals surface area (Å²) in [7, 11) is 0. The summed E-state index contributed by atoms with van der Waals surface area (Å²) in [6.45, 7) is 6.55. The summed E-state index contributed by atoms with van der Waals surface area (Å²) in [5, 5.41) is 2.47. The number of amides is 2. The zero-order valence-corrected chi connectivity index (χ0v) is 16.1. The summed E-state index contributed by atoms with van der Waals surface area (Å²) in [6, 6.07) is 0. The van der Waals surface area contributed by atoms with Crippen molar-refractivity contribution in [3.8, 4) is 0 Å². The summed E-state index contributed by atoms with van der Waals surface area (Å²) >= 11 is 1.57. The van der Waals surface area contributed by atoms with Crippen molar-refractivity contribution in [2.45, 2.75) is 27.2 Å². The Morgan fingerprint density at radius 1 is 1.08 bits per heavy atom. The smallest absolute Gasteiger partial charge is 0.308 e. The molecule has 0 saturated heterocycles. The highest BCUT2D eigenvalue weighted by Gasteiger charge is 2.13. The van der Waals surface area contributed by atoms with Gasteiger partial charge in [0.15, 0.2) is 0 Å². The summed E-state index contributed by atoms with van der Waals surface area (Å²) in [5.74, 6) is 0.0886. The molecule has 0 aromatic rings. The minimum Gasteiger partial charge on any atom is -0.463 e. The average Bonchev–Trinajstić information content (AvgIpc) is 2.59. The normalized spacial score (nSPS) is 13.1. The lowest BCUT2D eigenvalue weighted by Gasteiger charge is -2.11. The van der Waals surface area contributed by atoms with E-state index in [4.69, 9.17) is 19.9 Å². The van der Waals surface area contributed by atoms with Gasteiger partial charge in [-0.3, -0.25) is 14.4 Å². The van der Waals surface area contributed by atoms with Gasteiger partial charge in [-0.05, 0) is 6.42 Å². The maximum atomic E-state index is 11.6. The number of hydrogen-bond donors (Lipinski definition) is 2. The van der Waals surface area contributed by atoms with E-state index < -0.39 is 5.91 Å². The van der Waals surface area contributed by atoms with E-state index in [0.29, 0.717) is 19.0 Å². The van der Waals surface area contributed by atoms with E-state index in [1.807, 2.05) is 13.8 Å². The largest absolute Gasteiger partial charge is 0.463 e. The molecular formula is C16H30N2O6S. The molecule has 0 saturated carbocycles. The van der Waals surface area contributed by atoms with Crippen LogP contribution in [0.1, 0.15) is 27.2 Å². The molecular weight excluding hydrogens is 348 g/mol. The lowest BCUT2D eigenvalue weighted by molar-refractivity contribution is -0.151. The van der Waals surface area contributed by atoms with E-state index >= 15 is 0 Å². The van der Waals surface area contributed by atoms with Crippen molar-refractivity contribution in [1.82, 2.24) is 5.32 Å². The van der Waals surface area contributed by atoms with Crippen LogP contribution in [0.3, 0.4) is 0 Å². The molecule has 0 radical (unpaired) electrons. The van der Waals surface area contributed by atoms with Gasteiger partial charge in [-0.15, -0.1) is 0 Å². The molecule has 0 aliphatic heterocycles. The van der Waals surface area contributed by atoms with Crippen LogP contribution in [0.25, 0.3) is 0 Å². The molecule has 3 N–H and O–H groups in total. The predicted molar refractivity (Wildman–Crippen MR) is 95.9 cm³/mol. The fourth-order valence-corrected chi connectivity index (χ4v) is 2.40. The summed E-state index contributed by atoms with van der Waals surface area (Å²) in [5.41, 5.74) is 4.96. The van der Waals surface area contributed by atoms with Crippen LogP contribution < -0.4 is 11.1 Å². The maximum absolute atomic E-state index is 11.6. The van der Waals surface area contributed by atoms with Crippen LogP contribution in [0, 0.1) is 11.8 Å². The van der Waals surface area contributed by atoms with Gasteiger partial charge < -0.3 is 25.3 Å². The Morgan fingerprint density at radius 2 is 1.76 bits per heavy atom. The number of rotatable bonds is 15. The fraction of sp³-hybridized carbons (Fsp3) is 0.812. The van der Waals surface area contributed by atoms with Crippen molar-refractivity contribution >= 4 is 29.5 Å². The number of ether oxygens (including phenoxy) is 3. The molecule has 2 amide bonds. The number of carbonyl (C=O) groups is 3. The van der Waals surface area contributed by atoms with E-state index in [1.54, 1.807) is 18.7 Å². The van der Waals surface area contributed by atoms with Crippen LogP contribution in [0.2, 0.25) is 0 Å². The Balaban J connectivity index is 3.42. The molecule has 2 atom stereocenters. The first-order chi connectivity index (χ1) is 11.9. The third-order valence-corrected chi connectivity index (χ3v) is 4.47. The molecule has 0 aliphatic rings. The number of primary amides is 1. The predicted octanol–water partition coefficient (Wildman–Crippen LogP) is 0.537. The molecule has 146 valence electrons. The van der Waals surface area contributed by atoms with Gasteiger partial charge in [0, 0.05) is 17.4 Å². The maximum Gasteiger partial charge on any atom is 0.308 e. The number of nitrogens with one attached hydrogen (secondary N) is 1. The highest BCUT2D eigenvalue weighted by molar-refractivity contribution is 7.99. The van der Waals surface area contributed by atoms with Crippen LogP contribution in [0.15, 0.2) is 0 Å². The third-order valence-electron chi connectivity index (χ3n) is 3.28. The first-order valence-electron chi connectivity index (χ1n) is 8.34. The molecule has 0 heterocycles. The topological polar surface area (TPSA) is 117 Å². The molecule has 0 fully saturated rings. The first-order valence-corrected chi connectivity index (χ1v) is 9.49. The molecule has 0 bridgehead atoms. The van der Waals surface area contributed by atoms with E-state index in [-0.39, 0.29) is 43.7 Å². The monoisotopic (exact) mass is 378 g/mol. The van der Waals surface area contributed by atoms with E-state index in [0.717, 1.165) is 12.2 Å². The first kappa shape index (κ1) is 23.7. The Morgan fingerprint density at radius 3 is 2.40 bits per heavy atom. The number of thioether (sulfide) groups is 1. The van der Waals surface area contributed by atoms with E-state index in [9.17, 15) is 14.4 Å². The second-order valence-electron chi connectivity index (χ2n) is 5.57. The molecule has 8 nitrogen and oxygen atoms in total. The van der Waals surface area contributed by atoms with Gasteiger partial charge >= 0.3 is 5.97 Å². The second-order valence-corrected chi connectivity index (χ2v) is 6.72. The van der Waals surface area contributed by atoms with Gasteiger partial charge in [0.25, 0.3) is 0 Å². The Kier molecular flexibility index (Phi) is 14.2. The zero-order chi connectivity index (χ0) is 19.1. The molecule has 0 rings (SSSR count). The minimum atomic E-state index is -0.559. The minimum absolute atomic E-state index is 0.0893. The number of hydrogen-bond acceptors (Lipinski definition) is 7. The van der Waals surface area contributed by atoms with Gasteiger partial charge in [-0.1, -0.05) is 20.8 Å². The summed E-state index contributed by atoms with van der Waals surface area (Å²) in [4.78, 5) is 33.6. The van der Waals surface area contributed by atoms with Crippen molar-refractivity contribution in [1.29, 1.82) is 0 Å². The lowest BCUT2D eigenvalue weighted by atomic mass is 10.1. The number of nitrogens with two attached hydrogens (primary N) is 1. The summed E-state index contributed by atoms with van der Waals surface area (Å²) < 4.78 is 15.5. The Hall–Kier alpha value is -1.32. The summed E-state index contributed by atoms with van der Waals surface area (Å²) in [6.07, 6.45) is 0.756. The van der Waals surface area contributed by atoms with Crippen molar-refractivity contribution in [2.75, 3.05) is 44.7 Å². The van der Waals surface area contributed by atoms with Gasteiger partial charge in [0.2, 0.25) is 11.8 Å². The van der Waals surface area contributed by atoms with Gasteiger partial charge in [0.1, 0.15) is 13.4 Å². The van der Waals surface area contributed by atoms with E-state index in [2.05, 4.69) is 5.32 Å². The molecule has 0 aromatic carbocycles. The number of esters is 1. The molecule has 9 heteroatoms. The molecule has 0 spiro atoms. The molecule has 0 aliphatic carbocycles. The van der Waals surface area contributed by atoms with Gasteiger partial charge in [-0.2, -0.15) is 11.8 Å². The van der Waals surface area contributed by atoms with Gasteiger partial charge in [0.05, 0.1) is 25.7 Å². The van der Waals surface area contributed by atoms with Crippen molar-refractivity contribution in [3.05, 3.63) is 0 Å². The van der Waals surface area contributed by atoms with E-state index in [1.165, 1.54) is 0 Å². The second kappa shape index (κ2) is 15.0.